The third kappa shape index (κ3) is 2.63. The van der Waals surface area contributed by atoms with Crippen LogP contribution in [-0.2, 0) is 0 Å². The first kappa shape index (κ1) is 10.3. The molecular formula is C12H11N3O. The van der Waals surface area contributed by atoms with Gasteiger partial charge < -0.3 is 4.74 Å². The van der Waals surface area contributed by atoms with Crippen molar-refractivity contribution in [3.63, 3.8) is 0 Å². The number of benzene rings is 1. The molecule has 1 heterocycles. The van der Waals surface area contributed by atoms with Gasteiger partial charge in [0, 0.05) is 12.3 Å². The van der Waals surface area contributed by atoms with Crippen molar-refractivity contribution in [3.8, 4) is 5.88 Å². The monoisotopic (exact) mass is 213 g/mol. The summed E-state index contributed by atoms with van der Waals surface area (Å²) in [6.45, 7) is 0. The summed E-state index contributed by atoms with van der Waals surface area (Å²) in [4.78, 5) is 12.1. The molecular weight excluding hydrogens is 202 g/mol. The number of ether oxygens (including phenoxy) is 1. The lowest BCUT2D eigenvalue weighted by molar-refractivity contribution is 0.397. The molecule has 0 N–H and O–H groups in total. The Kier molecular flexibility index (Phi) is 3.23. The molecule has 0 radical (unpaired) electrons. The molecule has 0 amide bonds. The van der Waals surface area contributed by atoms with Gasteiger partial charge in [-0.25, -0.2) is 15.0 Å². The second kappa shape index (κ2) is 5.02. The molecule has 0 bridgehead atoms. The number of aromatic nitrogens is 2. The first-order valence-electron chi connectivity index (χ1n) is 4.83. The summed E-state index contributed by atoms with van der Waals surface area (Å²) in [5.74, 6) is 1.09. The molecule has 16 heavy (non-hydrogen) atoms. The van der Waals surface area contributed by atoms with E-state index in [-0.39, 0.29) is 0 Å². The van der Waals surface area contributed by atoms with E-state index in [9.17, 15) is 0 Å². The summed E-state index contributed by atoms with van der Waals surface area (Å²) in [7, 11) is 1.56. The Morgan fingerprint density at radius 3 is 2.75 bits per heavy atom. The van der Waals surface area contributed by atoms with Crippen LogP contribution in [0, 0.1) is 0 Å². The quantitative estimate of drug-likeness (QED) is 0.734. The maximum atomic E-state index is 4.98. The maximum absolute atomic E-state index is 4.98. The van der Waals surface area contributed by atoms with E-state index >= 15 is 0 Å². The Morgan fingerprint density at radius 1 is 1.19 bits per heavy atom. The lowest BCUT2D eigenvalue weighted by Crippen LogP contribution is -1.87. The highest BCUT2D eigenvalue weighted by Crippen LogP contribution is 2.12. The highest BCUT2D eigenvalue weighted by atomic mass is 16.5. The molecule has 0 saturated carbocycles. The van der Waals surface area contributed by atoms with Gasteiger partial charge in [0.2, 0.25) is 5.88 Å². The molecule has 4 nitrogen and oxygen atoms in total. The molecule has 0 fully saturated rings. The van der Waals surface area contributed by atoms with Gasteiger partial charge in [0.05, 0.1) is 7.11 Å². The predicted molar refractivity (Wildman–Crippen MR) is 62.3 cm³/mol. The summed E-state index contributed by atoms with van der Waals surface area (Å²) in [5, 5.41) is 0. The zero-order valence-corrected chi connectivity index (χ0v) is 8.87. The molecule has 80 valence electrons. The lowest BCUT2D eigenvalue weighted by Gasteiger charge is -1.97. The van der Waals surface area contributed by atoms with Crippen molar-refractivity contribution in [2.75, 3.05) is 7.11 Å². The van der Waals surface area contributed by atoms with Crippen LogP contribution in [-0.4, -0.2) is 23.3 Å². The average molecular weight is 213 g/mol. The van der Waals surface area contributed by atoms with Crippen LogP contribution in [0.4, 0.5) is 5.82 Å². The second-order valence-electron chi connectivity index (χ2n) is 3.09. The first-order valence-corrected chi connectivity index (χ1v) is 4.83. The first-order chi connectivity index (χ1) is 7.88. The zero-order chi connectivity index (χ0) is 11.2. The molecule has 0 aliphatic rings. The van der Waals surface area contributed by atoms with Crippen molar-refractivity contribution in [1.29, 1.82) is 0 Å². The van der Waals surface area contributed by atoms with Crippen LogP contribution in [0.3, 0.4) is 0 Å². The van der Waals surface area contributed by atoms with Gasteiger partial charge in [0.25, 0.3) is 0 Å². The van der Waals surface area contributed by atoms with Crippen LogP contribution < -0.4 is 4.74 Å². The van der Waals surface area contributed by atoms with Gasteiger partial charge in [-0.15, -0.1) is 0 Å². The fraction of sp³-hybridized carbons (Fsp3) is 0.0833. The Labute approximate surface area is 93.7 Å². The van der Waals surface area contributed by atoms with E-state index in [1.165, 1.54) is 6.33 Å². The van der Waals surface area contributed by atoms with Crippen molar-refractivity contribution < 1.29 is 4.74 Å². The highest BCUT2D eigenvalue weighted by Gasteiger charge is 1.95. The smallest absolute Gasteiger partial charge is 0.218 e. The van der Waals surface area contributed by atoms with Crippen LogP contribution >= 0.6 is 0 Å². The highest BCUT2D eigenvalue weighted by molar-refractivity contribution is 5.81. The molecule has 1 aromatic carbocycles. The molecule has 0 saturated heterocycles. The topological polar surface area (TPSA) is 47.4 Å². The Bertz CT molecular complexity index is 483. The molecule has 4 heteroatoms. The van der Waals surface area contributed by atoms with Crippen LogP contribution in [0.15, 0.2) is 47.7 Å². The molecule has 0 unspecified atom stereocenters. The Hall–Kier alpha value is -2.23. The Balaban J connectivity index is 2.17. The molecule has 0 aliphatic carbocycles. The van der Waals surface area contributed by atoms with Crippen molar-refractivity contribution in [2.45, 2.75) is 0 Å². The number of methoxy groups -OCH3 is 1. The van der Waals surface area contributed by atoms with Crippen molar-refractivity contribution in [3.05, 3.63) is 48.3 Å². The van der Waals surface area contributed by atoms with E-state index in [1.54, 1.807) is 19.4 Å². The summed E-state index contributed by atoms with van der Waals surface area (Å²) < 4.78 is 4.98. The molecule has 0 spiro atoms. The second-order valence-corrected chi connectivity index (χ2v) is 3.09. The van der Waals surface area contributed by atoms with Crippen molar-refractivity contribution >= 4 is 12.0 Å². The molecule has 2 rings (SSSR count). The van der Waals surface area contributed by atoms with Gasteiger partial charge in [-0.05, 0) is 5.56 Å². The standard InChI is InChI=1S/C12H11N3O/c1-16-12-7-11(14-9-15-12)13-8-10-5-3-2-4-6-10/h2-9H,1H3/b13-8+. The van der Waals surface area contributed by atoms with Crippen LogP contribution in [0.25, 0.3) is 0 Å². The number of hydrogen-bond acceptors (Lipinski definition) is 4. The summed E-state index contributed by atoms with van der Waals surface area (Å²) in [6.07, 6.45) is 3.18. The minimum Gasteiger partial charge on any atom is -0.481 e. The van der Waals surface area contributed by atoms with Gasteiger partial charge >= 0.3 is 0 Å². The SMILES string of the molecule is COc1cc(/N=C/c2ccccc2)ncn1. The zero-order valence-electron chi connectivity index (χ0n) is 8.87. The molecule has 1 aromatic heterocycles. The molecule has 0 aliphatic heterocycles. The average Bonchev–Trinajstić information content (AvgIpc) is 2.38. The largest absolute Gasteiger partial charge is 0.481 e. The van der Waals surface area contributed by atoms with E-state index in [0.29, 0.717) is 11.7 Å². The predicted octanol–water partition coefficient (Wildman–Crippen LogP) is 2.24. The summed E-state index contributed by atoms with van der Waals surface area (Å²) in [6, 6.07) is 11.5. The minimum atomic E-state index is 0.509. The summed E-state index contributed by atoms with van der Waals surface area (Å²) in [5.41, 5.74) is 1.03. The third-order valence-corrected chi connectivity index (χ3v) is 1.98. The van der Waals surface area contributed by atoms with Crippen molar-refractivity contribution in [2.24, 2.45) is 4.99 Å². The van der Waals surface area contributed by atoms with E-state index < -0.39 is 0 Å². The van der Waals surface area contributed by atoms with Crippen LogP contribution in [0.5, 0.6) is 5.88 Å². The minimum absolute atomic E-state index is 0.509. The van der Waals surface area contributed by atoms with Gasteiger partial charge in [-0.3, -0.25) is 0 Å². The Morgan fingerprint density at radius 2 is 2.00 bits per heavy atom. The lowest BCUT2D eigenvalue weighted by atomic mass is 10.2. The van der Waals surface area contributed by atoms with Gasteiger partial charge in [-0.1, -0.05) is 30.3 Å². The molecule has 2 aromatic rings. The number of aliphatic imine (C=N–C) groups is 1. The number of nitrogens with zero attached hydrogens (tertiary/aromatic N) is 3. The number of hydrogen-bond donors (Lipinski definition) is 0. The summed E-state index contributed by atoms with van der Waals surface area (Å²) >= 11 is 0. The fourth-order valence-electron chi connectivity index (χ4n) is 1.19. The molecule has 0 atom stereocenters. The van der Waals surface area contributed by atoms with Crippen LogP contribution in [0.1, 0.15) is 5.56 Å². The van der Waals surface area contributed by atoms with Gasteiger partial charge in [0.15, 0.2) is 5.82 Å². The van der Waals surface area contributed by atoms with Gasteiger partial charge in [0.1, 0.15) is 6.33 Å². The number of rotatable bonds is 3. The van der Waals surface area contributed by atoms with E-state index in [2.05, 4.69) is 15.0 Å². The van der Waals surface area contributed by atoms with E-state index in [4.69, 9.17) is 4.74 Å². The maximum Gasteiger partial charge on any atom is 0.218 e. The van der Waals surface area contributed by atoms with E-state index in [0.717, 1.165) is 5.56 Å². The van der Waals surface area contributed by atoms with Gasteiger partial charge in [-0.2, -0.15) is 0 Å². The normalized spacial score (nSPS) is 10.6. The van der Waals surface area contributed by atoms with Crippen LogP contribution in [0.2, 0.25) is 0 Å². The van der Waals surface area contributed by atoms with Crippen molar-refractivity contribution in [1.82, 2.24) is 9.97 Å². The fourth-order valence-corrected chi connectivity index (χ4v) is 1.19. The third-order valence-electron chi connectivity index (χ3n) is 1.98. The van der Waals surface area contributed by atoms with E-state index in [1.807, 2.05) is 30.3 Å².